The summed E-state index contributed by atoms with van der Waals surface area (Å²) in [6.45, 7) is 10.4. The highest BCUT2D eigenvalue weighted by Gasteiger charge is 2.24. The molecule has 6 nitrogen and oxygen atoms in total. The second-order valence-electron chi connectivity index (χ2n) is 6.83. The molecule has 1 aromatic rings. The topological polar surface area (TPSA) is 85.4 Å². The Morgan fingerprint density at radius 3 is 2.29 bits per heavy atom. The van der Waals surface area contributed by atoms with E-state index in [1.54, 1.807) is 16.5 Å². The maximum Gasteiger partial charge on any atom is 0.270 e. The molecule has 21 heavy (non-hydrogen) atoms. The second kappa shape index (κ2) is 5.81. The van der Waals surface area contributed by atoms with Crippen molar-refractivity contribution in [3.8, 4) is 0 Å². The van der Waals surface area contributed by atoms with Crippen LogP contribution in [0.2, 0.25) is 0 Å². The summed E-state index contributed by atoms with van der Waals surface area (Å²) in [5.41, 5.74) is 0.295. The van der Waals surface area contributed by atoms with Gasteiger partial charge < -0.3 is 9.47 Å². The van der Waals surface area contributed by atoms with Gasteiger partial charge in [-0.15, -0.1) is 0 Å². The van der Waals surface area contributed by atoms with Crippen molar-refractivity contribution in [1.29, 1.82) is 0 Å². The SMILES string of the molecule is CC(C)n1cc(S(N)(=O)=O)cc1C(=O)N(C)CC(C)(C)C. The van der Waals surface area contributed by atoms with Gasteiger partial charge in [-0.2, -0.15) is 0 Å². The van der Waals surface area contributed by atoms with Gasteiger partial charge in [-0.05, 0) is 25.3 Å². The molecule has 0 aliphatic rings. The molecule has 0 fully saturated rings. The molecule has 0 aliphatic heterocycles. The number of carbonyl (C=O) groups is 1. The van der Waals surface area contributed by atoms with Gasteiger partial charge >= 0.3 is 0 Å². The molecule has 2 N–H and O–H groups in total. The van der Waals surface area contributed by atoms with Gasteiger partial charge in [0, 0.05) is 25.8 Å². The van der Waals surface area contributed by atoms with Crippen LogP contribution >= 0.6 is 0 Å². The normalized spacial score (nSPS) is 12.8. The third-order valence-corrected chi connectivity index (χ3v) is 3.87. The summed E-state index contributed by atoms with van der Waals surface area (Å²) in [5.74, 6) is -0.214. The van der Waals surface area contributed by atoms with Gasteiger partial charge in [0.25, 0.3) is 5.91 Å². The van der Waals surface area contributed by atoms with E-state index in [2.05, 4.69) is 0 Å². The number of nitrogens with zero attached hydrogens (tertiary/aromatic N) is 2. The van der Waals surface area contributed by atoms with E-state index in [1.165, 1.54) is 12.3 Å². The summed E-state index contributed by atoms with van der Waals surface area (Å²) in [6, 6.07) is 1.30. The van der Waals surface area contributed by atoms with Crippen molar-refractivity contribution in [1.82, 2.24) is 9.47 Å². The van der Waals surface area contributed by atoms with E-state index in [-0.39, 0.29) is 22.3 Å². The van der Waals surface area contributed by atoms with Crippen LogP contribution in [0.5, 0.6) is 0 Å². The van der Waals surface area contributed by atoms with Gasteiger partial charge in [-0.25, -0.2) is 13.6 Å². The van der Waals surface area contributed by atoms with Crippen molar-refractivity contribution in [2.75, 3.05) is 13.6 Å². The van der Waals surface area contributed by atoms with Gasteiger partial charge in [-0.1, -0.05) is 20.8 Å². The number of hydrogen-bond donors (Lipinski definition) is 1. The number of carbonyl (C=O) groups excluding carboxylic acids is 1. The smallest absolute Gasteiger partial charge is 0.270 e. The zero-order valence-corrected chi connectivity index (χ0v) is 14.4. The number of hydrogen-bond acceptors (Lipinski definition) is 3. The van der Waals surface area contributed by atoms with E-state index in [0.717, 1.165) is 0 Å². The minimum absolute atomic E-state index is 0.0382. The molecule has 1 amide bonds. The molecule has 1 aromatic heterocycles. The summed E-state index contributed by atoms with van der Waals surface area (Å²) in [6.07, 6.45) is 1.41. The lowest BCUT2D eigenvalue weighted by molar-refractivity contribution is 0.0733. The maximum atomic E-state index is 12.6. The molecule has 0 radical (unpaired) electrons. The summed E-state index contributed by atoms with van der Waals surface area (Å²) >= 11 is 0. The van der Waals surface area contributed by atoms with Gasteiger partial charge in [0.05, 0.1) is 0 Å². The first kappa shape index (κ1) is 17.7. The molecule has 0 atom stereocenters. The van der Waals surface area contributed by atoms with Crippen LogP contribution in [0.4, 0.5) is 0 Å². The zero-order chi connectivity index (χ0) is 16.6. The Hall–Kier alpha value is -1.34. The van der Waals surface area contributed by atoms with E-state index < -0.39 is 10.0 Å². The van der Waals surface area contributed by atoms with Gasteiger partial charge in [0.15, 0.2) is 0 Å². The van der Waals surface area contributed by atoms with E-state index >= 15 is 0 Å². The molecule has 0 spiro atoms. The molecule has 7 heteroatoms. The van der Waals surface area contributed by atoms with Gasteiger partial charge in [0.1, 0.15) is 10.6 Å². The first-order valence-electron chi connectivity index (χ1n) is 6.83. The van der Waals surface area contributed by atoms with Crippen LogP contribution in [-0.4, -0.2) is 37.4 Å². The van der Waals surface area contributed by atoms with Gasteiger partial charge in [-0.3, -0.25) is 4.79 Å². The number of rotatable bonds is 4. The number of aromatic nitrogens is 1. The number of primary sulfonamides is 1. The molecule has 1 heterocycles. The minimum atomic E-state index is -3.82. The van der Waals surface area contributed by atoms with Crippen molar-refractivity contribution in [3.63, 3.8) is 0 Å². The van der Waals surface area contributed by atoms with E-state index in [1.807, 2.05) is 34.6 Å². The maximum absolute atomic E-state index is 12.6. The highest BCUT2D eigenvalue weighted by Crippen LogP contribution is 2.21. The standard InChI is InChI=1S/C14H25N3O3S/c1-10(2)17-8-11(21(15,19)20)7-12(17)13(18)16(6)9-14(3,4)5/h7-8,10H,9H2,1-6H3,(H2,15,19,20). The fourth-order valence-corrected chi connectivity index (χ4v) is 2.72. The minimum Gasteiger partial charge on any atom is -0.340 e. The first-order chi connectivity index (χ1) is 9.33. The van der Waals surface area contributed by atoms with Crippen molar-refractivity contribution in [2.45, 2.75) is 45.6 Å². The first-order valence-corrected chi connectivity index (χ1v) is 8.37. The van der Waals surface area contributed by atoms with Crippen LogP contribution in [0, 0.1) is 5.41 Å². The third-order valence-electron chi connectivity index (χ3n) is 2.99. The lowest BCUT2D eigenvalue weighted by Crippen LogP contribution is -2.35. The predicted molar refractivity (Wildman–Crippen MR) is 82.6 cm³/mol. The molecule has 0 saturated heterocycles. The molecule has 120 valence electrons. The van der Waals surface area contributed by atoms with Crippen LogP contribution in [0.3, 0.4) is 0 Å². The Morgan fingerprint density at radius 1 is 1.38 bits per heavy atom. The lowest BCUT2D eigenvalue weighted by atomic mass is 9.96. The Kier molecular flexibility index (Phi) is 4.90. The summed E-state index contributed by atoms with van der Waals surface area (Å²) in [5, 5.41) is 5.15. The van der Waals surface area contributed by atoms with Gasteiger partial charge in [0.2, 0.25) is 10.0 Å². The van der Waals surface area contributed by atoms with Crippen molar-refractivity contribution in [3.05, 3.63) is 18.0 Å². The number of nitrogens with two attached hydrogens (primary N) is 1. The predicted octanol–water partition coefficient (Wildman–Crippen LogP) is 1.83. The molecule has 1 rings (SSSR count). The van der Waals surface area contributed by atoms with E-state index in [0.29, 0.717) is 12.2 Å². The Bertz CT molecular complexity index is 624. The molecule has 0 bridgehead atoms. The summed E-state index contributed by atoms with van der Waals surface area (Å²) in [4.78, 5) is 14.1. The van der Waals surface area contributed by atoms with Crippen LogP contribution in [0.25, 0.3) is 0 Å². The molecule has 0 saturated carbocycles. The highest BCUT2D eigenvalue weighted by molar-refractivity contribution is 7.89. The summed E-state index contributed by atoms with van der Waals surface area (Å²) < 4.78 is 24.6. The van der Waals surface area contributed by atoms with Crippen molar-refractivity contribution in [2.24, 2.45) is 10.6 Å². The quantitative estimate of drug-likeness (QED) is 0.920. The Labute approximate surface area is 127 Å². The molecule has 0 unspecified atom stereocenters. The monoisotopic (exact) mass is 315 g/mol. The Balaban J connectivity index is 3.23. The van der Waals surface area contributed by atoms with Crippen LogP contribution in [0.1, 0.15) is 51.1 Å². The fraction of sp³-hybridized carbons (Fsp3) is 0.643. The molecule has 0 aliphatic carbocycles. The third kappa shape index (κ3) is 4.57. The number of sulfonamides is 1. The van der Waals surface area contributed by atoms with E-state index in [9.17, 15) is 13.2 Å². The fourth-order valence-electron chi connectivity index (χ4n) is 2.19. The largest absolute Gasteiger partial charge is 0.340 e. The number of amides is 1. The van der Waals surface area contributed by atoms with E-state index in [4.69, 9.17) is 5.14 Å². The van der Waals surface area contributed by atoms with Crippen LogP contribution in [-0.2, 0) is 10.0 Å². The van der Waals surface area contributed by atoms with Crippen LogP contribution in [0.15, 0.2) is 17.2 Å². The van der Waals surface area contributed by atoms with Crippen molar-refractivity contribution < 1.29 is 13.2 Å². The summed E-state index contributed by atoms with van der Waals surface area (Å²) in [7, 11) is -2.11. The zero-order valence-electron chi connectivity index (χ0n) is 13.5. The Morgan fingerprint density at radius 2 is 1.90 bits per heavy atom. The van der Waals surface area contributed by atoms with Crippen molar-refractivity contribution >= 4 is 15.9 Å². The average Bonchev–Trinajstić information content (AvgIpc) is 2.69. The van der Waals surface area contributed by atoms with Crippen LogP contribution < -0.4 is 5.14 Å². The highest BCUT2D eigenvalue weighted by atomic mass is 32.2. The molecule has 0 aromatic carbocycles. The molecular weight excluding hydrogens is 290 g/mol. The second-order valence-corrected chi connectivity index (χ2v) is 8.39. The average molecular weight is 315 g/mol. The molecular formula is C14H25N3O3S. The lowest BCUT2D eigenvalue weighted by Gasteiger charge is -2.27.